The van der Waals surface area contributed by atoms with Crippen molar-refractivity contribution in [1.82, 2.24) is 0 Å². The van der Waals surface area contributed by atoms with Gasteiger partial charge in [-0.3, -0.25) is 0 Å². The minimum Gasteiger partial charge on any atom is -0.507 e. The number of aryl methyl sites for hydroxylation is 1. The van der Waals surface area contributed by atoms with E-state index in [1.807, 2.05) is 43.3 Å². The molecule has 82 valence electrons. The molecule has 0 saturated heterocycles. The van der Waals surface area contributed by atoms with E-state index in [4.69, 9.17) is 5.73 Å². The van der Waals surface area contributed by atoms with Crippen LogP contribution in [0.15, 0.2) is 52.3 Å². The second kappa shape index (κ2) is 4.49. The number of hydrogen-bond donors (Lipinski definition) is 2. The number of hydrogen-bond acceptors (Lipinski definition) is 3. The first-order chi connectivity index (χ1) is 7.65. The van der Waals surface area contributed by atoms with E-state index in [-0.39, 0.29) is 0 Å². The molecule has 2 aromatic carbocycles. The van der Waals surface area contributed by atoms with E-state index in [2.05, 4.69) is 0 Å². The quantitative estimate of drug-likeness (QED) is 0.778. The predicted octanol–water partition coefficient (Wildman–Crippen LogP) is 3.43. The molecule has 0 aromatic heterocycles. The first kappa shape index (κ1) is 10.9. The number of aromatic hydroxyl groups is 1. The molecule has 0 aliphatic rings. The smallest absolute Gasteiger partial charge is 0.129 e. The molecule has 0 fully saturated rings. The average Bonchev–Trinajstić information content (AvgIpc) is 2.22. The van der Waals surface area contributed by atoms with Crippen LogP contribution in [-0.2, 0) is 0 Å². The van der Waals surface area contributed by atoms with Crippen molar-refractivity contribution in [3.05, 3.63) is 48.0 Å². The van der Waals surface area contributed by atoms with Gasteiger partial charge in [-0.05, 0) is 42.8 Å². The summed E-state index contributed by atoms with van der Waals surface area (Å²) in [6.45, 7) is 1.95. The lowest BCUT2D eigenvalue weighted by atomic mass is 10.2. The van der Waals surface area contributed by atoms with Crippen molar-refractivity contribution in [1.29, 1.82) is 0 Å². The van der Waals surface area contributed by atoms with Gasteiger partial charge in [-0.25, -0.2) is 0 Å². The van der Waals surface area contributed by atoms with E-state index in [1.165, 1.54) is 11.8 Å². The topological polar surface area (TPSA) is 46.2 Å². The van der Waals surface area contributed by atoms with Gasteiger partial charge in [0, 0.05) is 10.6 Å². The van der Waals surface area contributed by atoms with Gasteiger partial charge in [-0.2, -0.15) is 0 Å². The van der Waals surface area contributed by atoms with Gasteiger partial charge in [0.25, 0.3) is 0 Å². The molecule has 3 N–H and O–H groups in total. The van der Waals surface area contributed by atoms with Crippen molar-refractivity contribution in [3.63, 3.8) is 0 Å². The maximum atomic E-state index is 9.77. The molecule has 0 aliphatic carbocycles. The molecular weight excluding hydrogens is 218 g/mol. The molecule has 0 aliphatic heterocycles. The lowest BCUT2D eigenvalue weighted by Gasteiger charge is -2.05. The lowest BCUT2D eigenvalue weighted by molar-refractivity contribution is 0.462. The van der Waals surface area contributed by atoms with E-state index in [9.17, 15) is 5.11 Å². The van der Waals surface area contributed by atoms with Gasteiger partial charge in [-0.1, -0.05) is 23.9 Å². The highest BCUT2D eigenvalue weighted by molar-refractivity contribution is 7.99. The van der Waals surface area contributed by atoms with Crippen LogP contribution in [0.3, 0.4) is 0 Å². The third-order valence-electron chi connectivity index (χ3n) is 2.20. The molecule has 0 radical (unpaired) electrons. The molecule has 0 atom stereocenters. The first-order valence-corrected chi connectivity index (χ1v) is 5.80. The molecule has 0 bridgehead atoms. The summed E-state index contributed by atoms with van der Waals surface area (Å²) in [5, 5.41) is 9.77. The van der Waals surface area contributed by atoms with Gasteiger partial charge >= 0.3 is 0 Å². The van der Waals surface area contributed by atoms with E-state index < -0.39 is 0 Å². The van der Waals surface area contributed by atoms with E-state index >= 15 is 0 Å². The summed E-state index contributed by atoms with van der Waals surface area (Å²) in [5.41, 5.74) is 7.48. The summed E-state index contributed by atoms with van der Waals surface area (Å²) in [5.74, 6) is 0.312. The van der Waals surface area contributed by atoms with Crippen LogP contribution in [0.4, 0.5) is 5.69 Å². The number of anilines is 1. The Labute approximate surface area is 99.1 Å². The van der Waals surface area contributed by atoms with E-state index in [0.29, 0.717) is 5.75 Å². The number of phenolic OH excluding ortho intramolecular Hbond substituents is 1. The van der Waals surface area contributed by atoms with Gasteiger partial charge in [0.2, 0.25) is 0 Å². The summed E-state index contributed by atoms with van der Waals surface area (Å²) in [4.78, 5) is 1.87. The monoisotopic (exact) mass is 231 g/mol. The molecule has 16 heavy (non-hydrogen) atoms. The predicted molar refractivity (Wildman–Crippen MR) is 67.8 cm³/mol. The van der Waals surface area contributed by atoms with Gasteiger partial charge in [0.15, 0.2) is 0 Å². The fraction of sp³-hybridized carbons (Fsp3) is 0.0769. The minimum atomic E-state index is 0.312. The third kappa shape index (κ3) is 2.49. The molecule has 2 aromatic rings. The van der Waals surface area contributed by atoms with Crippen LogP contribution in [0.25, 0.3) is 0 Å². The molecule has 0 amide bonds. The zero-order chi connectivity index (χ0) is 11.5. The van der Waals surface area contributed by atoms with Crippen LogP contribution in [0.1, 0.15) is 5.56 Å². The SMILES string of the molecule is Cc1ccc(Sc2cccc(N)c2)c(O)c1. The molecule has 0 heterocycles. The Balaban J connectivity index is 2.27. The van der Waals surface area contributed by atoms with Gasteiger partial charge in [0.1, 0.15) is 5.75 Å². The fourth-order valence-corrected chi connectivity index (χ4v) is 2.31. The van der Waals surface area contributed by atoms with Crippen molar-refractivity contribution in [2.24, 2.45) is 0 Å². The van der Waals surface area contributed by atoms with Crippen LogP contribution in [0.2, 0.25) is 0 Å². The number of nitrogen functional groups attached to an aromatic ring is 1. The maximum Gasteiger partial charge on any atom is 0.129 e. The third-order valence-corrected chi connectivity index (χ3v) is 3.26. The van der Waals surface area contributed by atoms with Crippen molar-refractivity contribution < 1.29 is 5.11 Å². The standard InChI is InChI=1S/C13H13NOS/c1-9-5-6-13(12(15)7-9)16-11-4-2-3-10(14)8-11/h2-8,15H,14H2,1H3. The number of nitrogens with two attached hydrogens (primary N) is 1. The second-order valence-electron chi connectivity index (χ2n) is 3.65. The van der Waals surface area contributed by atoms with Crippen LogP contribution in [0, 0.1) is 6.92 Å². The minimum absolute atomic E-state index is 0.312. The number of rotatable bonds is 2. The summed E-state index contributed by atoms with van der Waals surface area (Å²) in [6.07, 6.45) is 0. The Bertz CT molecular complexity index is 511. The molecule has 0 unspecified atom stereocenters. The molecule has 0 saturated carbocycles. The second-order valence-corrected chi connectivity index (χ2v) is 4.76. The highest BCUT2D eigenvalue weighted by Crippen LogP contribution is 2.35. The van der Waals surface area contributed by atoms with Crippen molar-refractivity contribution in [2.75, 3.05) is 5.73 Å². The Morgan fingerprint density at radius 2 is 1.94 bits per heavy atom. The van der Waals surface area contributed by atoms with E-state index in [1.54, 1.807) is 6.07 Å². The van der Waals surface area contributed by atoms with Gasteiger partial charge < -0.3 is 10.8 Å². The highest BCUT2D eigenvalue weighted by atomic mass is 32.2. The van der Waals surface area contributed by atoms with Crippen molar-refractivity contribution in [3.8, 4) is 5.75 Å². The zero-order valence-corrected chi connectivity index (χ0v) is 9.79. The Morgan fingerprint density at radius 1 is 1.12 bits per heavy atom. The van der Waals surface area contributed by atoms with E-state index in [0.717, 1.165) is 21.0 Å². The zero-order valence-electron chi connectivity index (χ0n) is 8.97. The van der Waals surface area contributed by atoms with Gasteiger partial charge in [-0.15, -0.1) is 0 Å². The highest BCUT2D eigenvalue weighted by Gasteiger charge is 2.03. The summed E-state index contributed by atoms with van der Waals surface area (Å²) >= 11 is 1.51. The molecule has 0 spiro atoms. The fourth-order valence-electron chi connectivity index (χ4n) is 1.42. The first-order valence-electron chi connectivity index (χ1n) is 4.98. The van der Waals surface area contributed by atoms with Crippen LogP contribution in [0.5, 0.6) is 5.75 Å². The van der Waals surface area contributed by atoms with Crippen LogP contribution >= 0.6 is 11.8 Å². The summed E-state index contributed by atoms with van der Waals surface area (Å²) in [6, 6.07) is 13.3. The molecular formula is C13H13NOS. The average molecular weight is 231 g/mol. The normalized spacial score (nSPS) is 10.3. The summed E-state index contributed by atoms with van der Waals surface area (Å²) < 4.78 is 0. The summed E-state index contributed by atoms with van der Waals surface area (Å²) in [7, 11) is 0. The largest absolute Gasteiger partial charge is 0.507 e. The van der Waals surface area contributed by atoms with Crippen molar-refractivity contribution >= 4 is 17.4 Å². The van der Waals surface area contributed by atoms with Gasteiger partial charge in [0.05, 0.1) is 4.90 Å². The van der Waals surface area contributed by atoms with Crippen LogP contribution < -0.4 is 5.73 Å². The maximum absolute atomic E-state index is 9.77. The molecule has 2 nitrogen and oxygen atoms in total. The van der Waals surface area contributed by atoms with Crippen molar-refractivity contribution in [2.45, 2.75) is 16.7 Å². The lowest BCUT2D eigenvalue weighted by Crippen LogP contribution is -1.83. The Hall–Kier alpha value is -1.61. The Morgan fingerprint density at radius 3 is 2.62 bits per heavy atom. The molecule has 2 rings (SSSR count). The molecule has 3 heteroatoms. The number of phenols is 1. The van der Waals surface area contributed by atoms with Crippen LogP contribution in [-0.4, -0.2) is 5.11 Å². The Kier molecular flexibility index (Phi) is 3.06. The number of benzene rings is 2.